The first-order valence-electron chi connectivity index (χ1n) is 9.18. The normalized spacial score (nSPS) is 13.1. The minimum absolute atomic E-state index is 0.0167. The van der Waals surface area contributed by atoms with Crippen molar-refractivity contribution in [1.29, 1.82) is 0 Å². The third-order valence-electron chi connectivity index (χ3n) is 4.25. The molecule has 0 aliphatic heterocycles. The molecule has 2 N–H and O–H groups in total. The van der Waals surface area contributed by atoms with E-state index < -0.39 is 42.5 Å². The van der Waals surface area contributed by atoms with Crippen LogP contribution in [0.1, 0.15) is 10.4 Å². The maximum atomic E-state index is 13.8. The van der Waals surface area contributed by atoms with E-state index in [-0.39, 0.29) is 22.7 Å². The van der Waals surface area contributed by atoms with Crippen molar-refractivity contribution in [2.24, 2.45) is 0 Å². The maximum absolute atomic E-state index is 13.8. The van der Waals surface area contributed by atoms with Crippen molar-refractivity contribution >= 4 is 5.91 Å². The molecule has 0 spiro atoms. The molecule has 8 nitrogen and oxygen atoms in total. The van der Waals surface area contributed by atoms with Gasteiger partial charge < -0.3 is 15.2 Å². The quantitative estimate of drug-likeness (QED) is 0.387. The fraction of sp³-hybridized carbons (Fsp3) is 0.200. The van der Waals surface area contributed by atoms with Gasteiger partial charge in [0.15, 0.2) is 6.10 Å². The van der Waals surface area contributed by atoms with Crippen molar-refractivity contribution in [2.45, 2.75) is 25.4 Å². The highest BCUT2D eigenvalue weighted by atomic mass is 19.3. The fourth-order valence-corrected chi connectivity index (χ4v) is 2.68. The Bertz CT molecular complexity index is 1160. The minimum atomic E-state index is -3.48. The predicted molar refractivity (Wildman–Crippen MR) is 104 cm³/mol. The van der Waals surface area contributed by atoms with E-state index in [1.54, 1.807) is 0 Å². The third-order valence-corrected chi connectivity index (χ3v) is 4.25. The van der Waals surface area contributed by atoms with E-state index in [4.69, 9.17) is 5.11 Å². The topological polar surface area (TPSA) is 106 Å². The third kappa shape index (κ3) is 5.68. The van der Waals surface area contributed by atoms with E-state index in [1.807, 2.05) is 0 Å². The van der Waals surface area contributed by atoms with Crippen LogP contribution in [0.3, 0.4) is 0 Å². The summed E-state index contributed by atoms with van der Waals surface area (Å²) in [7, 11) is 0. The van der Waals surface area contributed by atoms with E-state index in [0.717, 1.165) is 10.7 Å². The summed E-state index contributed by atoms with van der Waals surface area (Å²) in [4.78, 5) is 29.2. The van der Waals surface area contributed by atoms with Gasteiger partial charge in [0.05, 0.1) is 17.6 Å². The highest BCUT2D eigenvalue weighted by Gasteiger charge is 2.30. The summed E-state index contributed by atoms with van der Waals surface area (Å²) in [6.07, 6.45) is -6.48. The zero-order valence-corrected chi connectivity index (χ0v) is 16.4. The molecule has 174 valence electrons. The summed E-state index contributed by atoms with van der Waals surface area (Å²) in [6, 6.07) is 8.90. The molecule has 3 aromatic rings. The smallest absolute Gasteiger partial charge is 0.387 e. The Morgan fingerprint density at radius 3 is 2.36 bits per heavy atom. The Hall–Kier alpha value is -3.87. The van der Waals surface area contributed by atoms with Crippen LogP contribution < -0.4 is 15.6 Å². The first-order chi connectivity index (χ1) is 15.7. The maximum Gasteiger partial charge on any atom is 0.387 e. The number of pyridine rings is 1. The first kappa shape index (κ1) is 23.8. The lowest BCUT2D eigenvalue weighted by Crippen LogP contribution is -2.45. The van der Waals surface area contributed by atoms with E-state index >= 15 is 0 Å². The van der Waals surface area contributed by atoms with Crippen LogP contribution >= 0.6 is 0 Å². The molecule has 0 bridgehead atoms. The SMILES string of the molecule is O=C(NC(F)[C@H](O)C(F)F)c1cc(-c2ccc(OC(F)F)cc2)nn(-c2cccnc2)c1=O. The second-order valence-electron chi connectivity index (χ2n) is 6.47. The van der Waals surface area contributed by atoms with Gasteiger partial charge in [-0.15, -0.1) is 0 Å². The van der Waals surface area contributed by atoms with E-state index in [9.17, 15) is 31.5 Å². The number of aliphatic hydroxyl groups excluding tert-OH is 1. The number of aliphatic hydroxyl groups is 1. The summed E-state index contributed by atoms with van der Waals surface area (Å²) >= 11 is 0. The standard InChI is InChI=1S/C20H15F5N4O4/c21-16(22)15(30)17(23)27-18(31)13-8-14(10-3-5-12(6-4-10)33-20(24)25)28-29(19(13)32)11-2-1-7-26-9-11/h1-9,15-17,20,30H,(H,27,31)/t15-,17?/m1/s1. The van der Waals surface area contributed by atoms with Gasteiger partial charge >= 0.3 is 6.61 Å². The van der Waals surface area contributed by atoms with Crippen molar-refractivity contribution < 1.29 is 36.6 Å². The molecule has 3 rings (SSSR count). The summed E-state index contributed by atoms with van der Waals surface area (Å²) < 4.78 is 68.6. The highest BCUT2D eigenvalue weighted by molar-refractivity contribution is 5.95. The minimum Gasteiger partial charge on any atom is -0.435 e. The van der Waals surface area contributed by atoms with Crippen LogP contribution in [-0.4, -0.2) is 51.2 Å². The molecule has 33 heavy (non-hydrogen) atoms. The number of carbonyl (C=O) groups is 1. The predicted octanol–water partition coefficient (Wildman–Crippen LogP) is 2.55. The Balaban J connectivity index is 2.06. The fourth-order valence-electron chi connectivity index (χ4n) is 2.68. The molecule has 2 aromatic heterocycles. The van der Waals surface area contributed by atoms with Gasteiger partial charge in [0.2, 0.25) is 6.30 Å². The molecule has 2 heterocycles. The molecule has 0 saturated carbocycles. The number of aromatic nitrogens is 3. The number of ether oxygens (including phenoxy) is 1. The Kier molecular flexibility index (Phi) is 7.33. The number of alkyl halides is 5. The number of rotatable bonds is 8. The van der Waals surface area contributed by atoms with Crippen molar-refractivity contribution in [3.63, 3.8) is 0 Å². The largest absolute Gasteiger partial charge is 0.435 e. The summed E-state index contributed by atoms with van der Waals surface area (Å²) in [5, 5.41) is 14.7. The number of hydrogen-bond acceptors (Lipinski definition) is 6. The molecule has 0 saturated heterocycles. The summed E-state index contributed by atoms with van der Waals surface area (Å²) in [6.45, 7) is -3.05. The van der Waals surface area contributed by atoms with Crippen LogP contribution in [-0.2, 0) is 0 Å². The Morgan fingerprint density at radius 2 is 1.79 bits per heavy atom. The molecule has 0 fully saturated rings. The molecule has 0 aliphatic rings. The Morgan fingerprint density at radius 1 is 1.09 bits per heavy atom. The molecule has 0 aliphatic carbocycles. The van der Waals surface area contributed by atoms with Crippen molar-refractivity contribution in [3.05, 3.63) is 70.8 Å². The second-order valence-corrected chi connectivity index (χ2v) is 6.47. The molecule has 1 aromatic carbocycles. The van der Waals surface area contributed by atoms with Crippen LogP contribution in [0.25, 0.3) is 16.9 Å². The number of nitrogens with one attached hydrogen (secondary N) is 1. The van der Waals surface area contributed by atoms with Crippen molar-refractivity contribution in [2.75, 3.05) is 0 Å². The first-order valence-corrected chi connectivity index (χ1v) is 9.18. The van der Waals surface area contributed by atoms with Crippen LogP contribution in [0.15, 0.2) is 59.7 Å². The van der Waals surface area contributed by atoms with E-state index in [1.165, 1.54) is 54.1 Å². The average molecular weight is 470 g/mol. The van der Waals surface area contributed by atoms with Crippen molar-refractivity contribution in [1.82, 2.24) is 20.1 Å². The van der Waals surface area contributed by atoms with Crippen LogP contribution in [0.2, 0.25) is 0 Å². The van der Waals surface area contributed by atoms with Crippen LogP contribution in [0.4, 0.5) is 22.0 Å². The van der Waals surface area contributed by atoms with Gasteiger partial charge in [-0.05, 0) is 42.5 Å². The molecule has 0 radical (unpaired) electrons. The summed E-state index contributed by atoms with van der Waals surface area (Å²) in [5.74, 6) is -1.54. The van der Waals surface area contributed by atoms with E-state index in [2.05, 4.69) is 14.8 Å². The van der Waals surface area contributed by atoms with Gasteiger partial charge in [-0.25, -0.2) is 13.2 Å². The van der Waals surface area contributed by atoms with Crippen LogP contribution in [0.5, 0.6) is 5.75 Å². The number of benzene rings is 1. The number of amides is 1. The lowest BCUT2D eigenvalue weighted by molar-refractivity contribution is -0.0551. The van der Waals surface area contributed by atoms with Gasteiger partial charge in [0, 0.05) is 11.8 Å². The Labute approximate surface area is 182 Å². The van der Waals surface area contributed by atoms with Gasteiger partial charge in [0.25, 0.3) is 17.9 Å². The number of carbonyl (C=O) groups excluding carboxylic acids is 1. The lowest BCUT2D eigenvalue weighted by atomic mass is 10.1. The van der Waals surface area contributed by atoms with Gasteiger partial charge in [0.1, 0.15) is 11.3 Å². The second kappa shape index (κ2) is 10.2. The zero-order chi connectivity index (χ0) is 24.1. The average Bonchev–Trinajstić information content (AvgIpc) is 2.79. The zero-order valence-electron chi connectivity index (χ0n) is 16.4. The molecular formula is C20H15F5N4O4. The number of halogens is 5. The number of hydrogen-bond donors (Lipinski definition) is 2. The van der Waals surface area contributed by atoms with Gasteiger partial charge in [-0.2, -0.15) is 18.6 Å². The van der Waals surface area contributed by atoms with Crippen LogP contribution in [0, 0.1) is 0 Å². The molecule has 2 atom stereocenters. The molecule has 1 amide bonds. The highest BCUT2D eigenvalue weighted by Crippen LogP contribution is 2.22. The summed E-state index contributed by atoms with van der Waals surface area (Å²) in [5.41, 5.74) is -1.34. The van der Waals surface area contributed by atoms with E-state index in [0.29, 0.717) is 0 Å². The molecule has 13 heteroatoms. The molecular weight excluding hydrogens is 455 g/mol. The number of nitrogens with zero attached hydrogens (tertiary/aromatic N) is 3. The van der Waals surface area contributed by atoms with Gasteiger partial charge in [-0.3, -0.25) is 14.6 Å². The molecule has 1 unspecified atom stereocenters. The van der Waals surface area contributed by atoms with Gasteiger partial charge in [-0.1, -0.05) is 0 Å². The van der Waals surface area contributed by atoms with Crippen molar-refractivity contribution in [3.8, 4) is 22.7 Å². The lowest BCUT2D eigenvalue weighted by Gasteiger charge is -2.16. The monoisotopic (exact) mass is 470 g/mol.